The first kappa shape index (κ1) is 36.1. The molecule has 4 fully saturated rings. The number of rotatable bonds is 12. The highest BCUT2D eigenvalue weighted by atomic mass is 32.2. The van der Waals surface area contributed by atoms with Gasteiger partial charge in [0.05, 0.1) is 23.3 Å². The second-order valence-electron chi connectivity index (χ2n) is 16.3. The van der Waals surface area contributed by atoms with E-state index in [4.69, 9.17) is 14.5 Å². The van der Waals surface area contributed by atoms with Crippen LogP contribution in [0.2, 0.25) is 0 Å². The molecule has 3 saturated heterocycles. The van der Waals surface area contributed by atoms with Gasteiger partial charge in [0.1, 0.15) is 29.7 Å². The molecule has 1 aromatic carbocycles. The van der Waals surface area contributed by atoms with Crippen molar-refractivity contribution in [2.24, 2.45) is 10.8 Å². The number of benzene rings is 1. The number of ether oxygens (including phenoxy) is 2. The fraction of sp³-hybridized carbons (Fsp3) is 0.590. The number of carbonyl (C=O) groups is 1. The highest BCUT2D eigenvalue weighted by Crippen LogP contribution is 2.52. The van der Waals surface area contributed by atoms with E-state index in [0.717, 1.165) is 95.9 Å². The number of hydrogen-bond acceptors (Lipinski definition) is 11. The maximum absolute atomic E-state index is 14.3. The Kier molecular flexibility index (Phi) is 9.59. The fourth-order valence-electron chi connectivity index (χ4n) is 9.31. The molecule has 0 radical (unpaired) electrons. The number of nitrogens with zero attached hydrogens (tertiary/aromatic N) is 7. The van der Waals surface area contributed by atoms with Crippen molar-refractivity contribution in [3.8, 4) is 17.2 Å². The Morgan fingerprint density at radius 1 is 1.04 bits per heavy atom. The van der Waals surface area contributed by atoms with Gasteiger partial charge in [-0.3, -0.25) is 14.7 Å². The summed E-state index contributed by atoms with van der Waals surface area (Å²) < 4.78 is 51.2. The van der Waals surface area contributed by atoms with E-state index in [9.17, 15) is 17.6 Å². The number of hydrogen-bond donors (Lipinski definition) is 0. The van der Waals surface area contributed by atoms with Crippen molar-refractivity contribution in [2.45, 2.75) is 71.6 Å². The molecule has 5 aliphatic rings. The maximum Gasteiger partial charge on any atom is 0.257 e. The summed E-state index contributed by atoms with van der Waals surface area (Å²) in [5, 5.41) is 0. The van der Waals surface area contributed by atoms with Crippen LogP contribution in [0.5, 0.6) is 17.2 Å². The first-order valence-corrected chi connectivity index (χ1v) is 20.9. The average Bonchev–Trinajstić information content (AvgIpc) is 3.41. The third-order valence-corrected chi connectivity index (χ3v) is 13.8. The Morgan fingerprint density at radius 3 is 2.57 bits per heavy atom. The lowest BCUT2D eigenvalue weighted by atomic mass is 9.61. The minimum atomic E-state index is -2.84. The number of pyridine rings is 1. The summed E-state index contributed by atoms with van der Waals surface area (Å²) in [5.41, 5.74) is 2.66. The summed E-state index contributed by atoms with van der Waals surface area (Å²) in [6, 6.07) is 5.98. The predicted molar refractivity (Wildman–Crippen MR) is 199 cm³/mol. The van der Waals surface area contributed by atoms with E-state index in [1.165, 1.54) is 30.1 Å². The molecule has 1 saturated carbocycles. The van der Waals surface area contributed by atoms with Crippen molar-refractivity contribution >= 4 is 21.6 Å². The highest BCUT2D eigenvalue weighted by molar-refractivity contribution is 7.91. The molecule has 1 aliphatic carbocycles. The van der Waals surface area contributed by atoms with E-state index >= 15 is 0 Å². The minimum absolute atomic E-state index is 0.0223. The van der Waals surface area contributed by atoms with Gasteiger partial charge < -0.3 is 24.2 Å². The smallest absolute Gasteiger partial charge is 0.257 e. The minimum Gasteiger partial charge on any atom is -0.490 e. The molecule has 53 heavy (non-hydrogen) atoms. The van der Waals surface area contributed by atoms with Crippen molar-refractivity contribution in [2.75, 3.05) is 68.8 Å². The van der Waals surface area contributed by atoms with Gasteiger partial charge in [-0.15, -0.1) is 0 Å². The number of amides is 1. The number of halogens is 1. The molecular weight excluding hydrogens is 698 g/mol. The van der Waals surface area contributed by atoms with E-state index in [-0.39, 0.29) is 40.2 Å². The fourth-order valence-corrected chi connectivity index (χ4v) is 11.5. The zero-order chi connectivity index (χ0) is 37.0. The van der Waals surface area contributed by atoms with Gasteiger partial charge in [-0.2, -0.15) is 0 Å². The maximum atomic E-state index is 14.3. The zero-order valence-corrected chi connectivity index (χ0v) is 31.8. The average molecular weight is 748 g/mol. The number of sulfone groups is 1. The SMILES string of the molecule is CCN(C(=O)c1cc(F)ccc1Oc1cncnc1N1CC2(CC(Oc3ccnc4c3CN(CCCN3CC5(CCS(=O)(=O)C5)C3)CC4)C2)C1)C(C)C. The molecule has 8 rings (SSSR count). The lowest BCUT2D eigenvalue weighted by Crippen LogP contribution is -2.65. The Balaban J connectivity index is 0.839. The van der Waals surface area contributed by atoms with Gasteiger partial charge in [-0.1, -0.05) is 0 Å². The summed E-state index contributed by atoms with van der Waals surface area (Å²) in [6.45, 7) is 13.5. The second-order valence-corrected chi connectivity index (χ2v) is 18.5. The molecule has 12 nitrogen and oxygen atoms in total. The Bertz CT molecular complexity index is 1960. The molecule has 2 aromatic heterocycles. The van der Waals surface area contributed by atoms with Crippen LogP contribution in [-0.2, 0) is 22.8 Å². The van der Waals surface area contributed by atoms with Gasteiger partial charge in [0.25, 0.3) is 5.91 Å². The standard InChI is InChI=1S/C39H50FN7O5S/c1-4-47(27(2)3)37(48)30-16-28(40)6-7-33(30)52-35-19-41-26-43-36(35)46-23-39(24-46)17-29(18-39)51-34-8-11-42-32-9-14-44(20-31(32)34)12-5-13-45-21-38(22-45)10-15-53(49,50)25-38/h6-8,11,16,19,26-27,29H,4-5,9-10,12-15,17-18,20-25H2,1-3H3. The molecule has 6 heterocycles. The Hall–Kier alpha value is -3.88. The molecule has 0 unspecified atom stereocenters. The van der Waals surface area contributed by atoms with Crippen LogP contribution in [0, 0.1) is 16.6 Å². The third-order valence-electron chi connectivity index (χ3n) is 11.9. The molecule has 284 valence electrons. The van der Waals surface area contributed by atoms with E-state index in [1.54, 1.807) is 11.1 Å². The summed E-state index contributed by atoms with van der Waals surface area (Å²) in [7, 11) is -2.84. The van der Waals surface area contributed by atoms with Crippen LogP contribution in [0.3, 0.4) is 0 Å². The molecule has 4 aliphatic heterocycles. The Morgan fingerprint density at radius 2 is 1.83 bits per heavy atom. The van der Waals surface area contributed by atoms with E-state index in [1.807, 2.05) is 33.0 Å². The number of aromatic nitrogens is 3. The van der Waals surface area contributed by atoms with Crippen LogP contribution in [0.15, 0.2) is 43.0 Å². The van der Waals surface area contributed by atoms with Crippen LogP contribution in [-0.4, -0.2) is 120 Å². The molecule has 0 N–H and O–H groups in total. The largest absolute Gasteiger partial charge is 0.490 e. The van der Waals surface area contributed by atoms with Crippen molar-refractivity contribution in [3.63, 3.8) is 0 Å². The molecule has 1 amide bonds. The molecule has 2 spiro atoms. The highest BCUT2D eigenvalue weighted by Gasteiger charge is 2.54. The van der Waals surface area contributed by atoms with Crippen molar-refractivity contribution < 1.29 is 27.1 Å². The number of likely N-dealkylation sites (tertiary alicyclic amines) is 1. The monoisotopic (exact) mass is 747 g/mol. The molecule has 0 atom stereocenters. The molecule has 14 heteroatoms. The quantitative estimate of drug-likeness (QED) is 0.259. The number of carbonyl (C=O) groups excluding carboxylic acids is 1. The van der Waals surface area contributed by atoms with Crippen LogP contribution < -0.4 is 14.4 Å². The van der Waals surface area contributed by atoms with Gasteiger partial charge in [0.15, 0.2) is 21.4 Å². The summed E-state index contributed by atoms with van der Waals surface area (Å²) in [6.07, 6.45) is 9.78. The normalized spacial score (nSPS) is 21.6. The van der Waals surface area contributed by atoms with Gasteiger partial charge in [0.2, 0.25) is 0 Å². The van der Waals surface area contributed by atoms with Crippen LogP contribution in [0.25, 0.3) is 0 Å². The molecule has 0 bridgehead atoms. The van der Waals surface area contributed by atoms with E-state index in [0.29, 0.717) is 29.6 Å². The Labute approximate surface area is 311 Å². The van der Waals surface area contributed by atoms with E-state index in [2.05, 4.69) is 24.7 Å². The van der Waals surface area contributed by atoms with Crippen molar-refractivity contribution in [3.05, 3.63) is 65.6 Å². The van der Waals surface area contributed by atoms with Crippen LogP contribution >= 0.6 is 0 Å². The third kappa shape index (κ3) is 7.34. The molecular formula is C39H50FN7O5S. The van der Waals surface area contributed by atoms with Gasteiger partial charge in [0, 0.05) is 86.6 Å². The summed E-state index contributed by atoms with van der Waals surface area (Å²) >= 11 is 0. The lowest BCUT2D eigenvalue weighted by molar-refractivity contribution is -0.0353. The first-order chi connectivity index (χ1) is 25.4. The van der Waals surface area contributed by atoms with Crippen LogP contribution in [0.4, 0.5) is 10.2 Å². The summed E-state index contributed by atoms with van der Waals surface area (Å²) in [4.78, 5) is 35.6. The number of anilines is 1. The predicted octanol–water partition coefficient (Wildman–Crippen LogP) is 4.59. The first-order valence-electron chi connectivity index (χ1n) is 19.0. The van der Waals surface area contributed by atoms with Gasteiger partial charge >= 0.3 is 0 Å². The van der Waals surface area contributed by atoms with Crippen LogP contribution in [0.1, 0.15) is 68.1 Å². The number of fused-ring (bicyclic) bond motifs is 1. The van der Waals surface area contributed by atoms with E-state index < -0.39 is 15.7 Å². The van der Waals surface area contributed by atoms with Crippen molar-refractivity contribution in [1.29, 1.82) is 0 Å². The molecule has 3 aromatic rings. The van der Waals surface area contributed by atoms with Gasteiger partial charge in [-0.25, -0.2) is 22.8 Å². The second kappa shape index (κ2) is 14.1. The van der Waals surface area contributed by atoms with Gasteiger partial charge in [-0.05, 0) is 83.8 Å². The summed E-state index contributed by atoms with van der Waals surface area (Å²) in [5.74, 6) is 2.22. The van der Waals surface area contributed by atoms with Crippen molar-refractivity contribution in [1.82, 2.24) is 29.7 Å². The topological polar surface area (TPSA) is 121 Å². The zero-order valence-electron chi connectivity index (χ0n) is 31.0. The lowest BCUT2D eigenvalue weighted by Gasteiger charge is -2.59.